The number of para-hydroxylation sites is 1. The Hall–Kier alpha value is -2.64. The number of thioether (sulfide) groups is 1. The molecule has 0 bridgehead atoms. The second-order valence-electron chi connectivity index (χ2n) is 8.53. The molecule has 0 saturated carbocycles. The minimum Gasteiger partial charge on any atom is -0.308 e. The van der Waals surface area contributed by atoms with Crippen LogP contribution in [0.2, 0.25) is 0 Å². The van der Waals surface area contributed by atoms with Gasteiger partial charge in [0.1, 0.15) is 0 Å². The molecule has 1 aromatic heterocycles. The molecule has 7 heteroatoms. The number of carbonyl (C=O) groups is 1. The van der Waals surface area contributed by atoms with Crippen molar-refractivity contribution in [3.63, 3.8) is 0 Å². The van der Waals surface area contributed by atoms with Gasteiger partial charge in [0.05, 0.1) is 18.3 Å². The van der Waals surface area contributed by atoms with E-state index in [1.807, 2.05) is 41.3 Å². The van der Waals surface area contributed by atoms with Crippen LogP contribution in [0.15, 0.2) is 59.8 Å². The summed E-state index contributed by atoms with van der Waals surface area (Å²) < 4.78 is 2.17. The number of amides is 1. The number of benzene rings is 2. The van der Waals surface area contributed by atoms with Crippen LogP contribution in [0.1, 0.15) is 43.3 Å². The van der Waals surface area contributed by atoms with Crippen molar-refractivity contribution in [2.75, 3.05) is 24.7 Å². The SMILES string of the molecule is CC[C@H](c1nnc(SCC(=O)N2c3ccccc3C[C@@H]2C)n1Cc1ccccc1)N(C)C. The first-order chi connectivity index (χ1) is 15.5. The van der Waals surface area contributed by atoms with Gasteiger partial charge in [0, 0.05) is 11.7 Å². The summed E-state index contributed by atoms with van der Waals surface area (Å²) in [6.45, 7) is 4.96. The van der Waals surface area contributed by atoms with Gasteiger partial charge in [0.2, 0.25) is 5.91 Å². The van der Waals surface area contributed by atoms with Gasteiger partial charge in [-0.2, -0.15) is 0 Å². The molecule has 2 heterocycles. The van der Waals surface area contributed by atoms with Gasteiger partial charge in [-0.15, -0.1) is 10.2 Å². The van der Waals surface area contributed by atoms with E-state index in [9.17, 15) is 4.79 Å². The van der Waals surface area contributed by atoms with Crippen molar-refractivity contribution in [1.29, 1.82) is 0 Å². The monoisotopic (exact) mass is 449 g/mol. The quantitative estimate of drug-likeness (QED) is 0.477. The molecule has 6 nitrogen and oxygen atoms in total. The largest absolute Gasteiger partial charge is 0.308 e. The summed E-state index contributed by atoms with van der Waals surface area (Å²) in [7, 11) is 4.14. The van der Waals surface area contributed by atoms with Crippen molar-refractivity contribution in [3.05, 3.63) is 71.5 Å². The van der Waals surface area contributed by atoms with Gasteiger partial charge in [-0.1, -0.05) is 67.2 Å². The van der Waals surface area contributed by atoms with Gasteiger partial charge < -0.3 is 9.47 Å². The summed E-state index contributed by atoms with van der Waals surface area (Å²) in [6.07, 6.45) is 1.84. The fourth-order valence-corrected chi connectivity index (χ4v) is 5.29. The first-order valence-electron chi connectivity index (χ1n) is 11.2. The fourth-order valence-electron chi connectivity index (χ4n) is 4.49. The molecular formula is C25H31N5OS. The Kier molecular flexibility index (Phi) is 6.96. The molecule has 168 valence electrons. The normalized spacial score (nSPS) is 16.4. The Morgan fingerprint density at radius 1 is 1.12 bits per heavy atom. The molecule has 0 saturated heterocycles. The summed E-state index contributed by atoms with van der Waals surface area (Å²) in [5, 5.41) is 9.85. The summed E-state index contributed by atoms with van der Waals surface area (Å²) in [5.74, 6) is 1.39. The summed E-state index contributed by atoms with van der Waals surface area (Å²) in [4.78, 5) is 17.3. The highest BCUT2D eigenvalue weighted by molar-refractivity contribution is 7.99. The highest BCUT2D eigenvalue weighted by Gasteiger charge is 2.31. The third kappa shape index (κ3) is 4.59. The number of rotatable bonds is 8. The molecular weight excluding hydrogens is 418 g/mol. The summed E-state index contributed by atoms with van der Waals surface area (Å²) in [6, 6.07) is 18.9. The van der Waals surface area contributed by atoms with Crippen LogP contribution in [0.3, 0.4) is 0 Å². The lowest BCUT2D eigenvalue weighted by Gasteiger charge is -2.24. The number of aromatic nitrogens is 3. The molecule has 1 amide bonds. The molecule has 3 aromatic rings. The lowest BCUT2D eigenvalue weighted by atomic mass is 10.1. The number of carbonyl (C=O) groups excluding carboxylic acids is 1. The Labute approximate surface area is 194 Å². The second-order valence-corrected chi connectivity index (χ2v) is 9.48. The zero-order valence-electron chi connectivity index (χ0n) is 19.2. The van der Waals surface area contributed by atoms with Crippen LogP contribution < -0.4 is 4.90 Å². The maximum atomic E-state index is 13.2. The van der Waals surface area contributed by atoms with E-state index in [1.165, 1.54) is 22.9 Å². The Morgan fingerprint density at radius 3 is 2.56 bits per heavy atom. The Bertz CT molecular complexity index is 1070. The molecule has 2 atom stereocenters. The number of hydrogen-bond donors (Lipinski definition) is 0. The summed E-state index contributed by atoms with van der Waals surface area (Å²) >= 11 is 1.48. The van der Waals surface area contributed by atoms with Crippen LogP contribution in [0, 0.1) is 0 Å². The minimum absolute atomic E-state index is 0.114. The minimum atomic E-state index is 0.114. The van der Waals surface area contributed by atoms with E-state index in [1.54, 1.807) is 0 Å². The van der Waals surface area contributed by atoms with Gasteiger partial charge >= 0.3 is 0 Å². The van der Waals surface area contributed by atoms with Crippen LogP contribution in [-0.4, -0.2) is 51.5 Å². The van der Waals surface area contributed by atoms with Gasteiger partial charge in [-0.3, -0.25) is 9.69 Å². The van der Waals surface area contributed by atoms with Crippen LogP contribution in [-0.2, 0) is 17.8 Å². The topological polar surface area (TPSA) is 54.3 Å². The molecule has 0 fully saturated rings. The highest BCUT2D eigenvalue weighted by atomic mass is 32.2. The van der Waals surface area contributed by atoms with E-state index >= 15 is 0 Å². The fraction of sp³-hybridized carbons (Fsp3) is 0.400. The van der Waals surface area contributed by atoms with Gasteiger partial charge in [-0.05, 0) is 51.1 Å². The maximum Gasteiger partial charge on any atom is 0.237 e. The highest BCUT2D eigenvalue weighted by Crippen LogP contribution is 2.33. The first-order valence-corrected chi connectivity index (χ1v) is 12.1. The first kappa shape index (κ1) is 22.6. The van der Waals surface area contributed by atoms with Crippen molar-refractivity contribution in [3.8, 4) is 0 Å². The number of anilines is 1. The van der Waals surface area contributed by atoms with Crippen molar-refractivity contribution < 1.29 is 4.79 Å². The third-order valence-electron chi connectivity index (χ3n) is 6.04. The van der Waals surface area contributed by atoms with E-state index in [0.717, 1.165) is 29.5 Å². The number of hydrogen-bond acceptors (Lipinski definition) is 5. The van der Waals surface area contributed by atoms with E-state index in [4.69, 9.17) is 0 Å². The van der Waals surface area contributed by atoms with Crippen molar-refractivity contribution in [2.24, 2.45) is 0 Å². The molecule has 1 aliphatic heterocycles. The average Bonchev–Trinajstić information content (AvgIpc) is 3.33. The standard InChI is InChI=1S/C25H31N5OS/c1-5-21(28(3)4)24-26-27-25(29(24)16-19-11-7-6-8-12-19)32-17-23(31)30-18(2)15-20-13-9-10-14-22(20)30/h6-14,18,21H,5,15-17H2,1-4H3/t18-,21+/m0/s1. The van der Waals surface area contributed by atoms with Crippen molar-refractivity contribution in [1.82, 2.24) is 19.7 Å². The van der Waals surface area contributed by atoms with Crippen LogP contribution in [0.25, 0.3) is 0 Å². The second kappa shape index (κ2) is 9.88. The lowest BCUT2D eigenvalue weighted by Crippen LogP contribution is -2.37. The van der Waals surface area contributed by atoms with Gasteiger partial charge in [0.25, 0.3) is 0 Å². The molecule has 1 aliphatic rings. The zero-order chi connectivity index (χ0) is 22.7. The molecule has 0 unspecified atom stereocenters. The van der Waals surface area contributed by atoms with Crippen LogP contribution in [0.4, 0.5) is 5.69 Å². The third-order valence-corrected chi connectivity index (χ3v) is 6.99. The van der Waals surface area contributed by atoms with Gasteiger partial charge in [0.15, 0.2) is 11.0 Å². The molecule has 0 aliphatic carbocycles. The van der Waals surface area contributed by atoms with E-state index in [2.05, 4.69) is 65.8 Å². The molecule has 4 rings (SSSR count). The molecule has 0 radical (unpaired) electrons. The van der Waals surface area contributed by atoms with E-state index in [0.29, 0.717) is 12.3 Å². The maximum absolute atomic E-state index is 13.2. The predicted octanol–water partition coefficient (Wildman–Crippen LogP) is 4.41. The Morgan fingerprint density at radius 2 is 1.84 bits per heavy atom. The van der Waals surface area contributed by atoms with Crippen LogP contribution in [0.5, 0.6) is 0 Å². The molecule has 0 N–H and O–H groups in total. The Balaban J connectivity index is 1.57. The van der Waals surface area contributed by atoms with Crippen LogP contribution >= 0.6 is 11.8 Å². The summed E-state index contributed by atoms with van der Waals surface area (Å²) in [5.41, 5.74) is 3.47. The predicted molar refractivity (Wildman–Crippen MR) is 130 cm³/mol. The molecule has 32 heavy (non-hydrogen) atoms. The number of fused-ring (bicyclic) bond motifs is 1. The van der Waals surface area contributed by atoms with E-state index in [-0.39, 0.29) is 18.0 Å². The van der Waals surface area contributed by atoms with Crippen molar-refractivity contribution in [2.45, 2.75) is 50.5 Å². The smallest absolute Gasteiger partial charge is 0.237 e. The average molecular weight is 450 g/mol. The number of nitrogens with zero attached hydrogens (tertiary/aromatic N) is 5. The van der Waals surface area contributed by atoms with Crippen molar-refractivity contribution >= 4 is 23.4 Å². The zero-order valence-corrected chi connectivity index (χ0v) is 20.0. The van der Waals surface area contributed by atoms with E-state index < -0.39 is 0 Å². The molecule has 2 aromatic carbocycles. The molecule has 0 spiro atoms. The lowest BCUT2D eigenvalue weighted by molar-refractivity contribution is -0.116. The van der Waals surface area contributed by atoms with Gasteiger partial charge in [-0.25, -0.2) is 0 Å².